The van der Waals surface area contributed by atoms with Gasteiger partial charge in [0.1, 0.15) is 5.65 Å². The van der Waals surface area contributed by atoms with E-state index in [2.05, 4.69) is 15.2 Å². The molecule has 1 saturated heterocycles. The molecule has 1 aliphatic rings. The van der Waals surface area contributed by atoms with Crippen LogP contribution in [0.15, 0.2) is 24.4 Å². The molecule has 0 atom stereocenters. The molecule has 0 spiro atoms. The second-order valence-corrected chi connectivity index (χ2v) is 4.21. The van der Waals surface area contributed by atoms with Crippen molar-refractivity contribution in [2.24, 2.45) is 0 Å². The number of nitrogens with one attached hydrogen (secondary N) is 1. The zero-order valence-electron chi connectivity index (χ0n) is 9.63. The average molecular weight is 232 g/mol. The molecule has 0 amide bonds. The number of anilines is 1. The topological polar surface area (TPSA) is 52.8 Å². The summed E-state index contributed by atoms with van der Waals surface area (Å²) in [6, 6.07) is 5.88. The van der Waals surface area contributed by atoms with Gasteiger partial charge in [0, 0.05) is 32.4 Å². The summed E-state index contributed by atoms with van der Waals surface area (Å²) in [6.45, 7) is 3.84. The largest absolute Gasteiger partial charge is 0.390 e. The van der Waals surface area contributed by atoms with Gasteiger partial charge in [-0.15, -0.1) is 0 Å². The predicted octanol–water partition coefficient (Wildman–Crippen LogP) is 0.236. The summed E-state index contributed by atoms with van der Waals surface area (Å²) in [6.07, 6.45) is 1.94. The number of aromatic nitrogens is 2. The predicted molar refractivity (Wildman–Crippen MR) is 66.2 cm³/mol. The van der Waals surface area contributed by atoms with Crippen molar-refractivity contribution in [2.75, 3.05) is 31.1 Å². The first-order valence-corrected chi connectivity index (χ1v) is 5.92. The Bertz CT molecular complexity index is 516. The standard InChI is InChI=1S/C12H16N4O/c17-9-10-12(15-7-4-13-5-8-15)14-11-3-1-2-6-16(10)11/h1-3,6,13,17H,4-5,7-9H2. The van der Waals surface area contributed by atoms with E-state index < -0.39 is 0 Å². The Morgan fingerprint density at radius 3 is 2.88 bits per heavy atom. The Kier molecular flexibility index (Phi) is 2.70. The van der Waals surface area contributed by atoms with Crippen LogP contribution in [0.2, 0.25) is 0 Å². The Labute approximate surface area is 99.7 Å². The number of hydrogen-bond donors (Lipinski definition) is 2. The molecule has 3 heterocycles. The van der Waals surface area contributed by atoms with Crippen LogP contribution in [-0.4, -0.2) is 40.7 Å². The highest BCUT2D eigenvalue weighted by molar-refractivity contribution is 5.56. The van der Waals surface area contributed by atoms with E-state index in [1.165, 1.54) is 0 Å². The van der Waals surface area contributed by atoms with E-state index in [1.807, 2.05) is 28.8 Å². The van der Waals surface area contributed by atoms with Crippen molar-refractivity contribution in [1.82, 2.24) is 14.7 Å². The van der Waals surface area contributed by atoms with E-state index in [4.69, 9.17) is 0 Å². The summed E-state index contributed by atoms with van der Waals surface area (Å²) in [5.74, 6) is 0.917. The van der Waals surface area contributed by atoms with Gasteiger partial charge in [0.25, 0.3) is 0 Å². The number of pyridine rings is 1. The van der Waals surface area contributed by atoms with Crippen LogP contribution < -0.4 is 10.2 Å². The first kappa shape index (κ1) is 10.6. The lowest BCUT2D eigenvalue weighted by atomic mass is 10.3. The van der Waals surface area contributed by atoms with Crippen LogP contribution in [0.25, 0.3) is 5.65 Å². The number of piperazine rings is 1. The number of hydrogen-bond acceptors (Lipinski definition) is 4. The molecule has 2 aromatic heterocycles. The van der Waals surface area contributed by atoms with Crippen molar-refractivity contribution >= 4 is 11.5 Å². The summed E-state index contributed by atoms with van der Waals surface area (Å²) < 4.78 is 1.96. The second-order valence-electron chi connectivity index (χ2n) is 4.21. The maximum Gasteiger partial charge on any atom is 0.153 e. The lowest BCUT2D eigenvalue weighted by molar-refractivity contribution is 0.276. The van der Waals surface area contributed by atoms with Crippen molar-refractivity contribution < 1.29 is 5.11 Å². The normalized spacial score (nSPS) is 16.6. The molecule has 0 aliphatic carbocycles. The average Bonchev–Trinajstić information content (AvgIpc) is 2.78. The number of rotatable bonds is 2. The molecule has 0 aromatic carbocycles. The second kappa shape index (κ2) is 4.35. The monoisotopic (exact) mass is 232 g/mol. The zero-order valence-corrected chi connectivity index (χ0v) is 9.63. The van der Waals surface area contributed by atoms with Gasteiger partial charge in [0.2, 0.25) is 0 Å². The van der Waals surface area contributed by atoms with Gasteiger partial charge in [-0.2, -0.15) is 0 Å². The van der Waals surface area contributed by atoms with Crippen LogP contribution in [0, 0.1) is 0 Å². The van der Waals surface area contributed by atoms with E-state index in [1.54, 1.807) is 0 Å². The molecule has 5 nitrogen and oxygen atoms in total. The quantitative estimate of drug-likeness (QED) is 0.778. The minimum Gasteiger partial charge on any atom is -0.390 e. The minimum atomic E-state index is 0.0183. The molecular weight excluding hydrogens is 216 g/mol. The van der Waals surface area contributed by atoms with Crippen molar-refractivity contribution in [3.8, 4) is 0 Å². The maximum absolute atomic E-state index is 9.53. The third kappa shape index (κ3) is 1.77. The third-order valence-corrected chi connectivity index (χ3v) is 3.17. The minimum absolute atomic E-state index is 0.0183. The van der Waals surface area contributed by atoms with Crippen LogP contribution in [-0.2, 0) is 6.61 Å². The molecule has 2 aromatic rings. The van der Waals surface area contributed by atoms with Crippen LogP contribution in [0.5, 0.6) is 0 Å². The van der Waals surface area contributed by atoms with Gasteiger partial charge in [0.05, 0.1) is 12.3 Å². The SMILES string of the molecule is OCc1c(N2CCNCC2)nc2ccccn12. The molecule has 3 rings (SSSR count). The van der Waals surface area contributed by atoms with E-state index in [-0.39, 0.29) is 6.61 Å². The molecular formula is C12H16N4O. The van der Waals surface area contributed by atoms with Crippen LogP contribution >= 0.6 is 0 Å². The van der Waals surface area contributed by atoms with Gasteiger partial charge < -0.3 is 15.3 Å². The molecule has 0 bridgehead atoms. The highest BCUT2D eigenvalue weighted by Gasteiger charge is 2.18. The maximum atomic E-state index is 9.53. The van der Waals surface area contributed by atoms with Gasteiger partial charge in [-0.3, -0.25) is 4.40 Å². The van der Waals surface area contributed by atoms with Crippen molar-refractivity contribution in [3.63, 3.8) is 0 Å². The molecule has 0 radical (unpaired) electrons. The fourth-order valence-corrected chi connectivity index (χ4v) is 2.31. The zero-order chi connectivity index (χ0) is 11.7. The van der Waals surface area contributed by atoms with Gasteiger partial charge in [-0.25, -0.2) is 4.98 Å². The van der Waals surface area contributed by atoms with E-state index in [9.17, 15) is 5.11 Å². The molecule has 2 N–H and O–H groups in total. The number of aliphatic hydroxyl groups excluding tert-OH is 1. The first-order valence-electron chi connectivity index (χ1n) is 5.92. The molecule has 0 unspecified atom stereocenters. The molecule has 5 heteroatoms. The summed E-state index contributed by atoms with van der Waals surface area (Å²) in [7, 11) is 0. The number of nitrogens with zero attached hydrogens (tertiary/aromatic N) is 3. The van der Waals surface area contributed by atoms with Crippen molar-refractivity contribution in [1.29, 1.82) is 0 Å². The van der Waals surface area contributed by atoms with Crippen LogP contribution in [0.4, 0.5) is 5.82 Å². The van der Waals surface area contributed by atoms with Crippen LogP contribution in [0.1, 0.15) is 5.69 Å². The highest BCUT2D eigenvalue weighted by Crippen LogP contribution is 2.21. The van der Waals surface area contributed by atoms with Gasteiger partial charge >= 0.3 is 0 Å². The summed E-state index contributed by atoms with van der Waals surface area (Å²) in [5.41, 5.74) is 1.77. The summed E-state index contributed by atoms with van der Waals surface area (Å²) >= 11 is 0. The van der Waals surface area contributed by atoms with Crippen molar-refractivity contribution in [2.45, 2.75) is 6.61 Å². The summed E-state index contributed by atoms with van der Waals surface area (Å²) in [5, 5.41) is 12.8. The molecule has 1 aliphatic heterocycles. The van der Waals surface area contributed by atoms with E-state index >= 15 is 0 Å². The lowest BCUT2D eigenvalue weighted by Gasteiger charge is -2.28. The Balaban J connectivity index is 2.08. The van der Waals surface area contributed by atoms with Gasteiger partial charge in [0.15, 0.2) is 5.82 Å². The fraction of sp³-hybridized carbons (Fsp3) is 0.417. The fourth-order valence-electron chi connectivity index (χ4n) is 2.31. The van der Waals surface area contributed by atoms with Crippen molar-refractivity contribution in [3.05, 3.63) is 30.1 Å². The molecule has 17 heavy (non-hydrogen) atoms. The molecule has 1 fully saturated rings. The third-order valence-electron chi connectivity index (χ3n) is 3.17. The smallest absolute Gasteiger partial charge is 0.153 e. The first-order chi connectivity index (χ1) is 8.40. The lowest BCUT2D eigenvalue weighted by Crippen LogP contribution is -2.44. The summed E-state index contributed by atoms with van der Waals surface area (Å²) in [4.78, 5) is 6.84. The van der Waals surface area contributed by atoms with Gasteiger partial charge in [-0.05, 0) is 12.1 Å². The van der Waals surface area contributed by atoms with E-state index in [0.29, 0.717) is 0 Å². The Morgan fingerprint density at radius 2 is 2.12 bits per heavy atom. The van der Waals surface area contributed by atoms with Crippen LogP contribution in [0.3, 0.4) is 0 Å². The van der Waals surface area contributed by atoms with Gasteiger partial charge in [-0.1, -0.05) is 6.07 Å². The number of aliphatic hydroxyl groups is 1. The highest BCUT2D eigenvalue weighted by atomic mass is 16.3. The van der Waals surface area contributed by atoms with E-state index in [0.717, 1.165) is 43.3 Å². The number of fused-ring (bicyclic) bond motifs is 1. The molecule has 0 saturated carbocycles. The molecule has 90 valence electrons. The number of imidazole rings is 1. The Hall–Kier alpha value is -1.59. The Morgan fingerprint density at radius 1 is 1.29 bits per heavy atom.